The second-order valence-electron chi connectivity index (χ2n) is 5.89. The highest BCUT2D eigenvalue weighted by Gasteiger charge is 2.13. The van der Waals surface area contributed by atoms with Gasteiger partial charge in [-0.3, -0.25) is 9.36 Å². The number of rotatable bonds is 6. The first-order valence-corrected chi connectivity index (χ1v) is 9.14. The molecule has 0 aliphatic heterocycles. The maximum absolute atomic E-state index is 12.9. The second-order valence-corrected chi connectivity index (χ2v) is 6.84. The number of nitrogens with one attached hydrogen (secondary N) is 1. The van der Waals surface area contributed by atoms with E-state index < -0.39 is 0 Å². The van der Waals surface area contributed by atoms with Crippen molar-refractivity contribution in [2.24, 2.45) is 0 Å². The standard InChI is InChI=1S/C19H19FN4OS/c1-13-3-9-17(10-4-13)24-14(2)22-23-19(24)26-12-18(25)21-11-15-5-7-16(20)8-6-15/h3-10H,11-12H2,1-2H3,(H,21,25). The average molecular weight is 370 g/mol. The molecule has 0 unspecified atom stereocenters. The van der Waals surface area contributed by atoms with Crippen LogP contribution in [-0.2, 0) is 11.3 Å². The molecule has 0 fully saturated rings. The number of nitrogens with zero attached hydrogens (tertiary/aromatic N) is 3. The summed E-state index contributed by atoms with van der Waals surface area (Å²) in [6, 6.07) is 14.1. The average Bonchev–Trinajstić information content (AvgIpc) is 3.01. The molecule has 134 valence electrons. The van der Waals surface area contributed by atoms with Crippen molar-refractivity contribution in [1.29, 1.82) is 0 Å². The van der Waals surface area contributed by atoms with Gasteiger partial charge < -0.3 is 5.32 Å². The van der Waals surface area contributed by atoms with Gasteiger partial charge in [0.1, 0.15) is 11.6 Å². The van der Waals surface area contributed by atoms with Gasteiger partial charge in [-0.05, 0) is 43.7 Å². The molecule has 0 radical (unpaired) electrons. The number of aromatic nitrogens is 3. The Morgan fingerprint density at radius 1 is 1.08 bits per heavy atom. The molecule has 3 rings (SSSR count). The number of thioether (sulfide) groups is 1. The van der Waals surface area contributed by atoms with Gasteiger partial charge in [0.25, 0.3) is 0 Å². The zero-order valence-electron chi connectivity index (χ0n) is 14.6. The molecule has 26 heavy (non-hydrogen) atoms. The molecule has 1 amide bonds. The number of hydrogen-bond donors (Lipinski definition) is 1. The lowest BCUT2D eigenvalue weighted by molar-refractivity contribution is -0.118. The van der Waals surface area contributed by atoms with Gasteiger partial charge in [-0.1, -0.05) is 41.6 Å². The summed E-state index contributed by atoms with van der Waals surface area (Å²) in [5.74, 6) is 0.588. The molecule has 1 N–H and O–H groups in total. The Hall–Kier alpha value is -2.67. The Morgan fingerprint density at radius 3 is 2.46 bits per heavy atom. The normalized spacial score (nSPS) is 10.7. The minimum Gasteiger partial charge on any atom is -0.351 e. The molecule has 7 heteroatoms. The monoisotopic (exact) mass is 370 g/mol. The second kappa shape index (κ2) is 8.14. The van der Waals surface area contributed by atoms with Gasteiger partial charge in [0.05, 0.1) is 5.75 Å². The first-order chi connectivity index (χ1) is 12.5. The van der Waals surface area contributed by atoms with Crippen LogP contribution in [0.1, 0.15) is 17.0 Å². The number of halogens is 1. The highest BCUT2D eigenvalue weighted by molar-refractivity contribution is 7.99. The highest BCUT2D eigenvalue weighted by Crippen LogP contribution is 2.22. The van der Waals surface area contributed by atoms with Gasteiger partial charge in [-0.15, -0.1) is 10.2 Å². The summed E-state index contributed by atoms with van der Waals surface area (Å²) in [6.07, 6.45) is 0. The van der Waals surface area contributed by atoms with E-state index in [4.69, 9.17) is 0 Å². The van der Waals surface area contributed by atoms with Gasteiger partial charge in [-0.2, -0.15) is 0 Å². The maximum Gasteiger partial charge on any atom is 0.230 e. The van der Waals surface area contributed by atoms with Crippen molar-refractivity contribution in [3.8, 4) is 5.69 Å². The Labute approximate surface area is 155 Å². The predicted molar refractivity (Wildman–Crippen MR) is 99.8 cm³/mol. The van der Waals surface area contributed by atoms with Crippen LogP contribution in [0.2, 0.25) is 0 Å². The van der Waals surface area contributed by atoms with Crippen LogP contribution in [-0.4, -0.2) is 26.4 Å². The van der Waals surface area contributed by atoms with Crippen LogP contribution in [0.5, 0.6) is 0 Å². The summed E-state index contributed by atoms with van der Waals surface area (Å²) >= 11 is 1.33. The topological polar surface area (TPSA) is 59.8 Å². The van der Waals surface area contributed by atoms with E-state index in [-0.39, 0.29) is 17.5 Å². The Bertz CT molecular complexity index is 891. The summed E-state index contributed by atoms with van der Waals surface area (Å²) in [5, 5.41) is 11.8. The SMILES string of the molecule is Cc1ccc(-n2c(C)nnc2SCC(=O)NCc2ccc(F)cc2)cc1. The number of carbonyl (C=O) groups is 1. The van der Waals surface area contributed by atoms with Crippen molar-refractivity contribution in [2.75, 3.05) is 5.75 Å². The molecule has 0 saturated heterocycles. The molecular weight excluding hydrogens is 351 g/mol. The number of hydrogen-bond acceptors (Lipinski definition) is 4. The fraction of sp³-hybridized carbons (Fsp3) is 0.211. The summed E-state index contributed by atoms with van der Waals surface area (Å²) in [7, 11) is 0. The quantitative estimate of drug-likeness (QED) is 0.676. The molecule has 0 saturated carbocycles. The fourth-order valence-electron chi connectivity index (χ4n) is 2.41. The number of aryl methyl sites for hydroxylation is 2. The van der Waals surface area contributed by atoms with Crippen LogP contribution in [0, 0.1) is 19.7 Å². The number of carbonyl (C=O) groups excluding carboxylic acids is 1. The Morgan fingerprint density at radius 2 is 1.77 bits per heavy atom. The summed E-state index contributed by atoms with van der Waals surface area (Å²) in [5.41, 5.74) is 2.99. The minimum atomic E-state index is -0.290. The smallest absolute Gasteiger partial charge is 0.230 e. The van der Waals surface area contributed by atoms with Crippen LogP contribution in [0.4, 0.5) is 4.39 Å². The fourth-order valence-corrected chi connectivity index (χ4v) is 3.24. The van der Waals surface area contributed by atoms with E-state index in [1.54, 1.807) is 12.1 Å². The third-order valence-corrected chi connectivity index (χ3v) is 4.75. The highest BCUT2D eigenvalue weighted by atomic mass is 32.2. The Kier molecular flexibility index (Phi) is 5.68. The summed E-state index contributed by atoms with van der Waals surface area (Å²) in [6.45, 7) is 4.28. The van der Waals surface area contributed by atoms with E-state index in [1.807, 2.05) is 42.7 Å². The van der Waals surface area contributed by atoms with E-state index in [1.165, 1.54) is 29.5 Å². The van der Waals surface area contributed by atoms with Crippen molar-refractivity contribution in [3.05, 3.63) is 71.3 Å². The van der Waals surface area contributed by atoms with Crippen molar-refractivity contribution < 1.29 is 9.18 Å². The van der Waals surface area contributed by atoms with Crippen molar-refractivity contribution >= 4 is 17.7 Å². The van der Waals surface area contributed by atoms with Gasteiger partial charge in [-0.25, -0.2) is 4.39 Å². The van der Waals surface area contributed by atoms with Gasteiger partial charge in [0, 0.05) is 12.2 Å². The lowest BCUT2D eigenvalue weighted by Gasteiger charge is -2.09. The summed E-state index contributed by atoms with van der Waals surface area (Å²) in [4.78, 5) is 12.1. The van der Waals surface area contributed by atoms with Crippen molar-refractivity contribution in [3.63, 3.8) is 0 Å². The molecule has 1 aromatic heterocycles. The third-order valence-electron chi connectivity index (χ3n) is 3.82. The molecule has 5 nitrogen and oxygen atoms in total. The zero-order chi connectivity index (χ0) is 18.5. The van der Waals surface area contributed by atoms with Crippen LogP contribution in [0.25, 0.3) is 5.69 Å². The van der Waals surface area contributed by atoms with Crippen molar-refractivity contribution in [2.45, 2.75) is 25.5 Å². The van der Waals surface area contributed by atoms with Crippen LogP contribution in [0.3, 0.4) is 0 Å². The third kappa shape index (κ3) is 4.49. The van der Waals surface area contributed by atoms with Gasteiger partial charge >= 0.3 is 0 Å². The molecule has 3 aromatic rings. The van der Waals surface area contributed by atoms with E-state index in [0.717, 1.165) is 17.1 Å². The lowest BCUT2D eigenvalue weighted by Crippen LogP contribution is -2.24. The van der Waals surface area contributed by atoms with Gasteiger partial charge in [0.2, 0.25) is 5.91 Å². The van der Waals surface area contributed by atoms with Crippen LogP contribution in [0.15, 0.2) is 53.7 Å². The Balaban J connectivity index is 1.60. The van der Waals surface area contributed by atoms with Crippen molar-refractivity contribution in [1.82, 2.24) is 20.1 Å². The number of amides is 1. The van der Waals surface area contributed by atoms with E-state index in [0.29, 0.717) is 11.7 Å². The van der Waals surface area contributed by atoms with Crippen LogP contribution < -0.4 is 5.32 Å². The molecule has 1 heterocycles. The molecule has 0 aliphatic rings. The first kappa shape index (κ1) is 18.1. The summed E-state index contributed by atoms with van der Waals surface area (Å²) < 4.78 is 14.8. The minimum absolute atomic E-state index is 0.115. The van der Waals surface area contributed by atoms with Crippen LogP contribution >= 0.6 is 11.8 Å². The lowest BCUT2D eigenvalue weighted by atomic mass is 10.2. The van der Waals surface area contributed by atoms with Gasteiger partial charge in [0.15, 0.2) is 5.16 Å². The molecule has 2 aromatic carbocycles. The molecule has 0 bridgehead atoms. The maximum atomic E-state index is 12.9. The van der Waals surface area contributed by atoms with E-state index in [2.05, 4.69) is 15.5 Å². The van der Waals surface area contributed by atoms with E-state index in [9.17, 15) is 9.18 Å². The molecular formula is C19H19FN4OS. The number of benzene rings is 2. The first-order valence-electron chi connectivity index (χ1n) is 8.16. The molecule has 0 atom stereocenters. The molecule has 0 aliphatic carbocycles. The predicted octanol–water partition coefficient (Wildman–Crippen LogP) is 3.43. The molecule has 0 spiro atoms. The largest absolute Gasteiger partial charge is 0.351 e. The zero-order valence-corrected chi connectivity index (χ0v) is 15.4. The van der Waals surface area contributed by atoms with E-state index >= 15 is 0 Å².